The highest BCUT2D eigenvalue weighted by molar-refractivity contribution is 9.10. The third-order valence-corrected chi connectivity index (χ3v) is 8.75. The molecule has 0 spiro atoms. The van der Waals surface area contributed by atoms with Crippen molar-refractivity contribution in [2.24, 2.45) is 0 Å². The van der Waals surface area contributed by atoms with Crippen molar-refractivity contribution in [3.8, 4) is 17.2 Å². The smallest absolute Gasteiger partial charge is 0.337 e. The molecule has 2 aliphatic carbocycles. The molecule has 0 saturated heterocycles. The van der Waals surface area contributed by atoms with Gasteiger partial charge in [-0.2, -0.15) is 0 Å². The first kappa shape index (κ1) is 28.3. The van der Waals surface area contributed by atoms with Crippen molar-refractivity contribution < 1.29 is 28.5 Å². The fourth-order valence-corrected chi connectivity index (χ4v) is 6.67. The van der Waals surface area contributed by atoms with Crippen LogP contribution in [0.25, 0.3) is 0 Å². The van der Waals surface area contributed by atoms with Crippen molar-refractivity contribution in [2.75, 3.05) is 21.3 Å². The van der Waals surface area contributed by atoms with Gasteiger partial charge in [-0.1, -0.05) is 28.4 Å². The second kappa shape index (κ2) is 12.1. The van der Waals surface area contributed by atoms with Gasteiger partial charge in [0.2, 0.25) is 0 Å². The van der Waals surface area contributed by atoms with Crippen LogP contribution >= 0.6 is 15.9 Å². The van der Waals surface area contributed by atoms with E-state index >= 15 is 0 Å². The maximum Gasteiger partial charge on any atom is 0.337 e. The van der Waals surface area contributed by atoms with Crippen molar-refractivity contribution >= 4 is 27.7 Å². The van der Waals surface area contributed by atoms with Crippen molar-refractivity contribution in [1.82, 2.24) is 5.32 Å². The standard InChI is InChI=1S/C32H36BrNO6/c1-18-29(32(36)40-22-8-6-5-7-9-22)30(23-17-21(33)11-13-26(23)37-2)31-24(34-18)14-20(15-25(31)35)19-10-12-27(38-3)28(16-19)39-4/h10-13,16-17,20,22,30,34H,5-9,14-15H2,1-4H3/t20-,30+/m0/s1. The van der Waals surface area contributed by atoms with Crippen LogP contribution in [0.5, 0.6) is 17.2 Å². The van der Waals surface area contributed by atoms with Crippen LogP contribution in [0.15, 0.2) is 63.4 Å². The van der Waals surface area contributed by atoms with E-state index in [4.69, 9.17) is 18.9 Å². The Bertz CT molecular complexity index is 1370. The lowest BCUT2D eigenvalue weighted by atomic mass is 9.71. The van der Waals surface area contributed by atoms with Gasteiger partial charge in [0.05, 0.1) is 32.8 Å². The molecule has 40 heavy (non-hydrogen) atoms. The Morgan fingerprint density at radius 2 is 1.60 bits per heavy atom. The number of benzene rings is 2. The summed E-state index contributed by atoms with van der Waals surface area (Å²) in [5, 5.41) is 3.45. The lowest BCUT2D eigenvalue weighted by Gasteiger charge is -2.37. The van der Waals surface area contributed by atoms with Crippen LogP contribution in [-0.4, -0.2) is 39.2 Å². The van der Waals surface area contributed by atoms with Crippen LogP contribution in [0, 0.1) is 0 Å². The highest BCUT2D eigenvalue weighted by Gasteiger charge is 2.43. The maximum atomic E-state index is 14.0. The lowest BCUT2D eigenvalue weighted by molar-refractivity contribution is -0.146. The summed E-state index contributed by atoms with van der Waals surface area (Å²) < 4.78 is 23.6. The SMILES string of the molecule is COc1ccc([C@@H]2CC(=O)C3=C(C2)NC(C)=C(C(=O)OC2CCCCC2)[C@H]3c2cc(Br)ccc2OC)cc1OC. The number of halogens is 1. The van der Waals surface area contributed by atoms with Gasteiger partial charge in [-0.3, -0.25) is 4.79 Å². The summed E-state index contributed by atoms with van der Waals surface area (Å²) in [6.45, 7) is 1.89. The Labute approximate surface area is 244 Å². The first-order valence-electron chi connectivity index (χ1n) is 13.8. The highest BCUT2D eigenvalue weighted by atomic mass is 79.9. The van der Waals surface area contributed by atoms with Gasteiger partial charge in [-0.25, -0.2) is 4.79 Å². The summed E-state index contributed by atoms with van der Waals surface area (Å²) in [6.07, 6.45) is 5.86. The number of dihydropyridines is 1. The molecule has 2 aromatic carbocycles. The largest absolute Gasteiger partial charge is 0.496 e. The van der Waals surface area contributed by atoms with Crippen LogP contribution in [0.4, 0.5) is 0 Å². The van der Waals surface area contributed by atoms with Gasteiger partial charge in [-0.15, -0.1) is 0 Å². The third kappa shape index (κ3) is 5.51. The molecule has 0 unspecified atom stereocenters. The maximum absolute atomic E-state index is 14.0. The lowest BCUT2D eigenvalue weighted by Crippen LogP contribution is -2.37. The molecule has 0 aromatic heterocycles. The topological polar surface area (TPSA) is 83.1 Å². The number of ether oxygens (including phenoxy) is 4. The zero-order valence-corrected chi connectivity index (χ0v) is 25.1. The summed E-state index contributed by atoms with van der Waals surface area (Å²) >= 11 is 3.59. The second-order valence-electron chi connectivity index (χ2n) is 10.7. The number of allylic oxidation sites excluding steroid dienone is 3. The van der Waals surface area contributed by atoms with Crippen molar-refractivity contribution in [3.63, 3.8) is 0 Å². The number of rotatable bonds is 7. The Hall–Kier alpha value is -3.26. The van der Waals surface area contributed by atoms with E-state index in [1.165, 1.54) is 6.42 Å². The van der Waals surface area contributed by atoms with Gasteiger partial charge in [-0.05, 0) is 80.8 Å². The molecule has 3 aliphatic rings. The van der Waals surface area contributed by atoms with Gasteiger partial charge < -0.3 is 24.3 Å². The van der Waals surface area contributed by atoms with E-state index in [2.05, 4.69) is 21.2 Å². The highest BCUT2D eigenvalue weighted by Crippen LogP contribution is 2.49. The van der Waals surface area contributed by atoms with Crippen LogP contribution in [0.2, 0.25) is 0 Å². The van der Waals surface area contributed by atoms with Gasteiger partial charge in [0.15, 0.2) is 17.3 Å². The van der Waals surface area contributed by atoms with E-state index < -0.39 is 5.92 Å². The fraction of sp³-hybridized carbons (Fsp3) is 0.438. The molecule has 0 radical (unpaired) electrons. The number of ketones is 1. The van der Waals surface area contributed by atoms with Crippen molar-refractivity contribution in [3.05, 3.63) is 74.5 Å². The number of hydrogen-bond acceptors (Lipinski definition) is 7. The number of esters is 1. The van der Waals surface area contributed by atoms with Crippen LogP contribution < -0.4 is 19.5 Å². The van der Waals surface area contributed by atoms with E-state index in [9.17, 15) is 9.59 Å². The molecular formula is C32H36BrNO6. The van der Waals surface area contributed by atoms with E-state index in [-0.39, 0.29) is 23.8 Å². The molecule has 8 heteroatoms. The fourth-order valence-electron chi connectivity index (χ4n) is 6.29. The zero-order valence-electron chi connectivity index (χ0n) is 23.5. The zero-order chi connectivity index (χ0) is 28.4. The summed E-state index contributed by atoms with van der Waals surface area (Å²) in [4.78, 5) is 27.9. The molecule has 0 amide bonds. The Morgan fingerprint density at radius 3 is 2.30 bits per heavy atom. The van der Waals surface area contributed by atoms with E-state index in [0.29, 0.717) is 46.9 Å². The summed E-state index contributed by atoms with van der Waals surface area (Å²) in [5.41, 5.74) is 4.37. The molecule has 2 aromatic rings. The third-order valence-electron chi connectivity index (χ3n) is 8.26. The molecule has 2 atom stereocenters. The average Bonchev–Trinajstić information content (AvgIpc) is 2.96. The number of Topliss-reactive ketones (excluding diaryl/α,β-unsaturated/α-hetero) is 1. The Kier molecular flexibility index (Phi) is 8.54. The van der Waals surface area contributed by atoms with Gasteiger partial charge in [0, 0.05) is 33.4 Å². The molecule has 1 heterocycles. The normalized spacial score (nSPS) is 21.5. The predicted octanol–water partition coefficient (Wildman–Crippen LogP) is 6.71. The van der Waals surface area contributed by atoms with E-state index in [1.54, 1.807) is 21.3 Å². The van der Waals surface area contributed by atoms with Gasteiger partial charge in [0.1, 0.15) is 11.9 Å². The molecule has 1 saturated carbocycles. The average molecular weight is 611 g/mol. The van der Waals surface area contributed by atoms with E-state index in [0.717, 1.165) is 47.0 Å². The minimum absolute atomic E-state index is 0.00368. The summed E-state index contributed by atoms with van der Waals surface area (Å²) in [7, 11) is 4.82. The van der Waals surface area contributed by atoms with Crippen LogP contribution in [0.1, 0.15) is 74.8 Å². The Balaban J connectivity index is 1.56. The quantitative estimate of drug-likeness (QED) is 0.349. The number of carbonyl (C=O) groups excluding carboxylic acids is 2. The molecule has 0 bridgehead atoms. The van der Waals surface area contributed by atoms with Gasteiger partial charge in [0.25, 0.3) is 0 Å². The Morgan fingerprint density at radius 1 is 0.900 bits per heavy atom. The first-order chi connectivity index (χ1) is 19.3. The van der Waals surface area contributed by atoms with Crippen molar-refractivity contribution in [1.29, 1.82) is 0 Å². The molecule has 5 rings (SSSR count). The molecule has 1 aliphatic heterocycles. The number of methoxy groups -OCH3 is 3. The van der Waals surface area contributed by atoms with E-state index in [1.807, 2.05) is 43.3 Å². The number of carbonyl (C=O) groups is 2. The van der Waals surface area contributed by atoms with Gasteiger partial charge >= 0.3 is 5.97 Å². The van der Waals surface area contributed by atoms with Crippen molar-refractivity contribution in [2.45, 2.75) is 69.8 Å². The molecule has 212 valence electrons. The molecule has 1 N–H and O–H groups in total. The molecule has 7 nitrogen and oxygen atoms in total. The van der Waals surface area contributed by atoms with Crippen LogP contribution in [0.3, 0.4) is 0 Å². The summed E-state index contributed by atoms with van der Waals surface area (Å²) in [6, 6.07) is 11.5. The second-order valence-corrected chi connectivity index (χ2v) is 11.6. The minimum Gasteiger partial charge on any atom is -0.496 e. The number of nitrogens with one attached hydrogen (secondary N) is 1. The molecule has 1 fully saturated rings. The molecular weight excluding hydrogens is 574 g/mol. The minimum atomic E-state index is -0.598. The first-order valence-corrected chi connectivity index (χ1v) is 14.6. The van der Waals surface area contributed by atoms with Crippen LogP contribution in [-0.2, 0) is 14.3 Å². The predicted molar refractivity (Wildman–Crippen MR) is 156 cm³/mol. The number of hydrogen-bond donors (Lipinski definition) is 1. The monoisotopic (exact) mass is 609 g/mol. The summed E-state index contributed by atoms with van der Waals surface area (Å²) in [5.74, 6) is 0.870.